The second kappa shape index (κ2) is 4.58. The molecule has 0 amide bonds. The van der Waals surface area contributed by atoms with Crippen LogP contribution in [0.2, 0.25) is 0 Å². The van der Waals surface area contributed by atoms with Crippen molar-refractivity contribution in [2.75, 3.05) is 0 Å². The number of nitriles is 1. The highest BCUT2D eigenvalue weighted by atomic mass is 16.5. The Morgan fingerprint density at radius 3 is 2.82 bits per heavy atom. The highest BCUT2D eigenvalue weighted by Gasteiger charge is 2.21. The van der Waals surface area contributed by atoms with Crippen LogP contribution in [-0.2, 0) is 17.6 Å². The van der Waals surface area contributed by atoms with Crippen LogP contribution in [0.3, 0.4) is 0 Å². The third-order valence-corrected chi connectivity index (χ3v) is 3.35. The van der Waals surface area contributed by atoms with Crippen LogP contribution in [0.25, 0.3) is 0 Å². The fourth-order valence-electron chi connectivity index (χ4n) is 2.22. The molecule has 0 saturated carbocycles. The fraction of sp³-hybridized carbons (Fsp3) is 0.429. The highest BCUT2D eigenvalue weighted by Crippen LogP contribution is 2.33. The average Bonchev–Trinajstić information content (AvgIpc) is 2.33. The molecular formula is C14H15NO2. The quantitative estimate of drug-likeness (QED) is 0.578. The van der Waals surface area contributed by atoms with Crippen LogP contribution in [0.5, 0.6) is 5.75 Å². The predicted molar refractivity (Wildman–Crippen MR) is 63.8 cm³/mol. The van der Waals surface area contributed by atoms with E-state index in [4.69, 9.17) is 10.00 Å². The first-order chi connectivity index (χ1) is 8.13. The van der Waals surface area contributed by atoms with Crippen molar-refractivity contribution in [2.45, 2.75) is 39.5 Å². The Morgan fingerprint density at radius 1 is 1.35 bits per heavy atom. The molecule has 0 radical (unpaired) electrons. The Balaban J connectivity index is 2.43. The zero-order chi connectivity index (χ0) is 12.4. The summed E-state index contributed by atoms with van der Waals surface area (Å²) in [7, 11) is 0. The first-order valence-corrected chi connectivity index (χ1v) is 5.83. The van der Waals surface area contributed by atoms with E-state index in [0.717, 1.165) is 35.3 Å². The van der Waals surface area contributed by atoms with E-state index in [1.807, 2.05) is 13.8 Å². The van der Waals surface area contributed by atoms with Gasteiger partial charge in [-0.05, 0) is 48.9 Å². The van der Waals surface area contributed by atoms with Gasteiger partial charge < -0.3 is 4.74 Å². The minimum Gasteiger partial charge on any atom is -0.426 e. The molecule has 0 aliphatic carbocycles. The minimum atomic E-state index is -0.148. The standard InChI is InChI=1S/C14H15NO2/c1-9-10(2)14-12(5-6-13(16)17-14)8-11(9)4-3-7-15/h8H,3-6H2,1-2H3. The zero-order valence-corrected chi connectivity index (χ0v) is 10.2. The van der Waals surface area contributed by atoms with Crippen molar-refractivity contribution in [3.8, 4) is 11.8 Å². The van der Waals surface area contributed by atoms with Gasteiger partial charge >= 0.3 is 5.97 Å². The zero-order valence-electron chi connectivity index (χ0n) is 10.2. The lowest BCUT2D eigenvalue weighted by atomic mass is 9.92. The van der Waals surface area contributed by atoms with Crippen LogP contribution in [0.15, 0.2) is 6.07 Å². The van der Waals surface area contributed by atoms with Gasteiger partial charge in [-0.1, -0.05) is 6.07 Å². The van der Waals surface area contributed by atoms with E-state index in [1.54, 1.807) is 0 Å². The van der Waals surface area contributed by atoms with Crippen LogP contribution < -0.4 is 4.74 Å². The Bertz CT molecular complexity index is 512. The average molecular weight is 229 g/mol. The van der Waals surface area contributed by atoms with Gasteiger partial charge in [0.05, 0.1) is 12.5 Å². The maximum Gasteiger partial charge on any atom is 0.311 e. The van der Waals surface area contributed by atoms with Gasteiger partial charge in [-0.15, -0.1) is 0 Å². The molecule has 0 N–H and O–H groups in total. The summed E-state index contributed by atoms with van der Waals surface area (Å²) in [6, 6.07) is 4.25. The largest absolute Gasteiger partial charge is 0.426 e. The number of hydrogen-bond donors (Lipinski definition) is 0. The summed E-state index contributed by atoms with van der Waals surface area (Å²) in [4.78, 5) is 11.3. The Morgan fingerprint density at radius 2 is 2.12 bits per heavy atom. The molecule has 0 aromatic heterocycles. The van der Waals surface area contributed by atoms with Crippen LogP contribution in [-0.4, -0.2) is 5.97 Å². The summed E-state index contributed by atoms with van der Waals surface area (Å²) < 4.78 is 5.30. The van der Waals surface area contributed by atoms with E-state index in [-0.39, 0.29) is 5.97 Å². The van der Waals surface area contributed by atoms with Crippen molar-refractivity contribution in [1.82, 2.24) is 0 Å². The first-order valence-electron chi connectivity index (χ1n) is 5.83. The summed E-state index contributed by atoms with van der Waals surface area (Å²) in [6.07, 6.45) is 2.49. The van der Waals surface area contributed by atoms with E-state index < -0.39 is 0 Å². The van der Waals surface area contributed by atoms with E-state index in [9.17, 15) is 4.79 Å². The highest BCUT2D eigenvalue weighted by molar-refractivity contribution is 5.76. The number of hydrogen-bond acceptors (Lipinski definition) is 3. The van der Waals surface area contributed by atoms with E-state index in [2.05, 4.69) is 12.1 Å². The van der Waals surface area contributed by atoms with E-state index in [0.29, 0.717) is 12.8 Å². The fourth-order valence-corrected chi connectivity index (χ4v) is 2.22. The van der Waals surface area contributed by atoms with Crippen molar-refractivity contribution in [2.24, 2.45) is 0 Å². The molecule has 3 heteroatoms. The lowest BCUT2D eigenvalue weighted by Gasteiger charge is -2.21. The normalized spacial score (nSPS) is 13.8. The number of rotatable bonds is 2. The predicted octanol–water partition coefficient (Wildman–Crippen LogP) is 2.61. The molecule has 1 aliphatic heterocycles. The monoisotopic (exact) mass is 229 g/mol. The lowest BCUT2D eigenvalue weighted by Crippen LogP contribution is -2.17. The SMILES string of the molecule is Cc1c(CCC#N)cc2c(c1C)OC(=O)CC2. The summed E-state index contributed by atoms with van der Waals surface area (Å²) in [6.45, 7) is 3.99. The molecule has 0 atom stereocenters. The number of nitrogens with zero attached hydrogens (tertiary/aromatic N) is 1. The van der Waals surface area contributed by atoms with Crippen molar-refractivity contribution in [3.05, 3.63) is 28.3 Å². The molecule has 1 heterocycles. The summed E-state index contributed by atoms with van der Waals surface area (Å²) in [5, 5.41) is 8.64. The molecule has 3 nitrogen and oxygen atoms in total. The van der Waals surface area contributed by atoms with Gasteiger partial charge in [-0.25, -0.2) is 0 Å². The van der Waals surface area contributed by atoms with Crippen molar-refractivity contribution >= 4 is 5.97 Å². The number of fused-ring (bicyclic) bond motifs is 1. The molecule has 0 bridgehead atoms. The van der Waals surface area contributed by atoms with Gasteiger partial charge in [0.15, 0.2) is 0 Å². The number of carbonyl (C=O) groups excluding carboxylic acids is 1. The number of esters is 1. The number of carbonyl (C=O) groups is 1. The number of ether oxygens (including phenoxy) is 1. The summed E-state index contributed by atoms with van der Waals surface area (Å²) in [5.74, 6) is 0.587. The Labute approximate surface area is 101 Å². The van der Waals surface area contributed by atoms with Crippen molar-refractivity contribution in [3.63, 3.8) is 0 Å². The minimum absolute atomic E-state index is 0.148. The van der Waals surface area contributed by atoms with Crippen LogP contribution in [0.4, 0.5) is 0 Å². The van der Waals surface area contributed by atoms with E-state index in [1.165, 1.54) is 5.56 Å². The molecule has 1 aliphatic rings. The maximum atomic E-state index is 11.3. The first kappa shape index (κ1) is 11.7. The maximum absolute atomic E-state index is 11.3. The summed E-state index contributed by atoms with van der Waals surface area (Å²) in [5.41, 5.74) is 4.46. The third-order valence-electron chi connectivity index (χ3n) is 3.35. The van der Waals surface area contributed by atoms with Crippen LogP contribution >= 0.6 is 0 Å². The van der Waals surface area contributed by atoms with Crippen LogP contribution in [0.1, 0.15) is 35.1 Å². The number of aryl methyl sites for hydroxylation is 2. The molecule has 88 valence electrons. The second-order valence-electron chi connectivity index (χ2n) is 4.41. The molecule has 1 aromatic rings. The van der Waals surface area contributed by atoms with Gasteiger partial charge in [0.2, 0.25) is 0 Å². The van der Waals surface area contributed by atoms with Crippen molar-refractivity contribution in [1.29, 1.82) is 5.26 Å². The third kappa shape index (κ3) is 2.16. The Hall–Kier alpha value is -1.82. The second-order valence-corrected chi connectivity index (χ2v) is 4.41. The molecule has 2 rings (SSSR count). The lowest BCUT2D eigenvalue weighted by molar-refractivity contribution is -0.135. The summed E-state index contributed by atoms with van der Waals surface area (Å²) >= 11 is 0. The Kier molecular flexibility index (Phi) is 3.14. The van der Waals surface area contributed by atoms with Gasteiger partial charge in [-0.2, -0.15) is 5.26 Å². The van der Waals surface area contributed by atoms with E-state index >= 15 is 0 Å². The topological polar surface area (TPSA) is 50.1 Å². The molecule has 1 aromatic carbocycles. The molecule has 17 heavy (non-hydrogen) atoms. The smallest absolute Gasteiger partial charge is 0.311 e. The molecule has 0 saturated heterocycles. The molecular weight excluding hydrogens is 214 g/mol. The van der Waals surface area contributed by atoms with Gasteiger partial charge in [0.1, 0.15) is 5.75 Å². The molecule has 0 fully saturated rings. The van der Waals surface area contributed by atoms with Crippen molar-refractivity contribution < 1.29 is 9.53 Å². The molecule has 0 spiro atoms. The number of benzene rings is 1. The van der Waals surface area contributed by atoms with Gasteiger partial charge in [0.25, 0.3) is 0 Å². The molecule has 0 unspecified atom stereocenters. The van der Waals surface area contributed by atoms with Crippen LogP contribution in [0, 0.1) is 25.2 Å². The van der Waals surface area contributed by atoms with Gasteiger partial charge in [0, 0.05) is 6.42 Å². The van der Waals surface area contributed by atoms with Gasteiger partial charge in [-0.3, -0.25) is 4.79 Å².